The predicted molar refractivity (Wildman–Crippen MR) is 86.4 cm³/mol. The van der Waals surface area contributed by atoms with Crippen molar-refractivity contribution in [2.45, 2.75) is 13.3 Å². The Morgan fingerprint density at radius 1 is 1.32 bits per heavy atom. The molecule has 6 nitrogen and oxygen atoms in total. The molecule has 1 N–H and O–H groups in total. The van der Waals surface area contributed by atoms with Gasteiger partial charge in [-0.3, -0.25) is 10.1 Å². The van der Waals surface area contributed by atoms with Crippen LogP contribution < -0.4 is 5.32 Å². The Balaban J connectivity index is 2.26. The van der Waals surface area contributed by atoms with Gasteiger partial charge in [-0.1, -0.05) is 6.08 Å². The second-order valence-electron chi connectivity index (χ2n) is 4.70. The summed E-state index contributed by atoms with van der Waals surface area (Å²) in [4.78, 5) is 31.1. The van der Waals surface area contributed by atoms with Crippen molar-refractivity contribution < 1.29 is 23.1 Å². The minimum atomic E-state index is -1.21. The van der Waals surface area contributed by atoms with Gasteiger partial charge in [0.05, 0.1) is 29.6 Å². The standard InChI is InChI=1S/C16H12ClF2N3O3/c1-2-7-25-16(24)22-11-4-3-10(18)13(14(11)19)12(23)8-9-5-6-20-15(17)21-9/h2-7H,8H2,1H3,(H,22,24). The van der Waals surface area contributed by atoms with E-state index < -0.39 is 29.1 Å². The smallest absolute Gasteiger partial charge is 0.416 e. The van der Waals surface area contributed by atoms with E-state index in [0.29, 0.717) is 0 Å². The second-order valence-corrected chi connectivity index (χ2v) is 5.04. The van der Waals surface area contributed by atoms with Gasteiger partial charge in [0.2, 0.25) is 5.28 Å². The van der Waals surface area contributed by atoms with Crippen LogP contribution in [-0.2, 0) is 11.2 Å². The third-order valence-corrected chi connectivity index (χ3v) is 3.13. The van der Waals surface area contributed by atoms with Crippen LogP contribution in [0.5, 0.6) is 0 Å². The number of hydrogen-bond donors (Lipinski definition) is 1. The molecule has 9 heteroatoms. The Morgan fingerprint density at radius 2 is 2.08 bits per heavy atom. The summed E-state index contributed by atoms with van der Waals surface area (Å²) < 4.78 is 33.0. The number of carbonyl (C=O) groups excluding carboxylic acids is 2. The minimum Gasteiger partial charge on any atom is -0.418 e. The molecular weight excluding hydrogens is 356 g/mol. The van der Waals surface area contributed by atoms with Crippen LogP contribution in [0.1, 0.15) is 23.0 Å². The first kappa shape index (κ1) is 18.5. The molecule has 0 spiro atoms. The van der Waals surface area contributed by atoms with Gasteiger partial charge >= 0.3 is 6.09 Å². The van der Waals surface area contributed by atoms with Gasteiger partial charge in [-0.15, -0.1) is 0 Å². The molecular formula is C16H12ClF2N3O3. The summed E-state index contributed by atoms with van der Waals surface area (Å²) in [5.74, 6) is -3.13. The van der Waals surface area contributed by atoms with Crippen molar-refractivity contribution >= 4 is 29.2 Å². The lowest BCUT2D eigenvalue weighted by Crippen LogP contribution is -2.16. The predicted octanol–water partition coefficient (Wildman–Crippen LogP) is 3.92. The topological polar surface area (TPSA) is 81.2 Å². The molecule has 0 saturated heterocycles. The normalized spacial score (nSPS) is 10.7. The summed E-state index contributed by atoms with van der Waals surface area (Å²) >= 11 is 5.61. The molecule has 0 bridgehead atoms. The van der Waals surface area contributed by atoms with Crippen molar-refractivity contribution in [1.29, 1.82) is 0 Å². The van der Waals surface area contributed by atoms with Crippen molar-refractivity contribution in [3.63, 3.8) is 0 Å². The molecule has 1 heterocycles. The lowest BCUT2D eigenvalue weighted by Gasteiger charge is -2.10. The molecule has 1 aromatic carbocycles. The first-order valence-electron chi connectivity index (χ1n) is 6.99. The number of benzene rings is 1. The number of ketones is 1. The highest BCUT2D eigenvalue weighted by atomic mass is 35.5. The van der Waals surface area contributed by atoms with E-state index in [1.807, 2.05) is 0 Å². The fraction of sp³-hybridized carbons (Fsp3) is 0.125. The summed E-state index contributed by atoms with van der Waals surface area (Å²) in [5.41, 5.74) is -0.979. The highest BCUT2D eigenvalue weighted by Crippen LogP contribution is 2.23. The first-order valence-corrected chi connectivity index (χ1v) is 7.37. The number of rotatable bonds is 5. The molecule has 1 aromatic heterocycles. The third-order valence-electron chi connectivity index (χ3n) is 2.94. The summed E-state index contributed by atoms with van der Waals surface area (Å²) in [7, 11) is 0. The van der Waals surface area contributed by atoms with Crippen LogP contribution in [0.4, 0.5) is 19.3 Å². The summed E-state index contributed by atoms with van der Waals surface area (Å²) in [6.45, 7) is 1.61. The maximum Gasteiger partial charge on any atom is 0.416 e. The molecule has 0 saturated carbocycles. The number of ether oxygens (including phenoxy) is 1. The Labute approximate surface area is 146 Å². The summed E-state index contributed by atoms with van der Waals surface area (Å²) in [6, 6.07) is 3.25. The molecule has 0 fully saturated rings. The highest BCUT2D eigenvalue weighted by Gasteiger charge is 2.22. The maximum atomic E-state index is 14.4. The number of hydrogen-bond acceptors (Lipinski definition) is 5. The number of anilines is 1. The van der Waals surface area contributed by atoms with Crippen LogP contribution >= 0.6 is 11.6 Å². The van der Waals surface area contributed by atoms with Crippen LogP contribution in [0, 0.1) is 11.6 Å². The van der Waals surface area contributed by atoms with Crippen molar-refractivity contribution in [1.82, 2.24) is 9.97 Å². The molecule has 0 aliphatic rings. The summed E-state index contributed by atoms with van der Waals surface area (Å²) in [5, 5.41) is 2.00. The van der Waals surface area contributed by atoms with E-state index in [1.165, 1.54) is 18.3 Å². The molecule has 0 radical (unpaired) electrons. The van der Waals surface area contributed by atoms with Crippen LogP contribution in [-0.4, -0.2) is 21.8 Å². The number of nitrogens with zero attached hydrogens (tertiary/aromatic N) is 2. The van der Waals surface area contributed by atoms with Gasteiger partial charge in [-0.05, 0) is 36.7 Å². The van der Waals surface area contributed by atoms with Gasteiger partial charge in [0.1, 0.15) is 5.82 Å². The van der Waals surface area contributed by atoms with Gasteiger partial charge in [-0.2, -0.15) is 0 Å². The SMILES string of the molecule is CC=COC(=O)Nc1ccc(F)c(C(=O)Cc2ccnc(Cl)n2)c1F. The first-order chi connectivity index (χ1) is 11.9. The highest BCUT2D eigenvalue weighted by molar-refractivity contribution is 6.28. The second kappa shape index (κ2) is 8.29. The van der Waals surface area contributed by atoms with E-state index in [9.17, 15) is 18.4 Å². The van der Waals surface area contributed by atoms with Crippen LogP contribution in [0.3, 0.4) is 0 Å². The van der Waals surface area contributed by atoms with Gasteiger partial charge in [0, 0.05) is 6.20 Å². The van der Waals surface area contributed by atoms with Crippen molar-refractivity contribution in [2.75, 3.05) is 5.32 Å². The van der Waals surface area contributed by atoms with Crippen molar-refractivity contribution in [2.24, 2.45) is 0 Å². The zero-order valence-electron chi connectivity index (χ0n) is 12.9. The fourth-order valence-corrected chi connectivity index (χ4v) is 2.06. The number of Topliss-reactive ketones (excluding diaryl/α,β-unsaturated/α-hetero) is 1. The molecule has 0 unspecified atom stereocenters. The Morgan fingerprint density at radius 3 is 2.76 bits per heavy atom. The minimum absolute atomic E-state index is 0.0895. The fourth-order valence-electron chi connectivity index (χ4n) is 1.89. The van der Waals surface area contributed by atoms with Crippen molar-refractivity contribution in [3.8, 4) is 0 Å². The van der Waals surface area contributed by atoms with Gasteiger partial charge in [-0.25, -0.2) is 23.5 Å². The molecule has 25 heavy (non-hydrogen) atoms. The Hall–Kier alpha value is -2.87. The zero-order chi connectivity index (χ0) is 18.4. The van der Waals surface area contributed by atoms with Gasteiger partial charge in [0.25, 0.3) is 0 Å². The average Bonchev–Trinajstić information content (AvgIpc) is 2.55. The third kappa shape index (κ3) is 4.80. The lowest BCUT2D eigenvalue weighted by atomic mass is 10.0. The Kier molecular flexibility index (Phi) is 6.13. The van der Waals surface area contributed by atoms with Crippen LogP contribution in [0.25, 0.3) is 0 Å². The molecule has 2 rings (SSSR count). The number of nitrogens with one attached hydrogen (secondary N) is 1. The lowest BCUT2D eigenvalue weighted by molar-refractivity contribution is 0.0984. The largest absolute Gasteiger partial charge is 0.418 e. The number of allylic oxidation sites excluding steroid dienone is 1. The molecule has 0 aliphatic heterocycles. The monoisotopic (exact) mass is 367 g/mol. The number of halogens is 3. The number of amides is 1. The zero-order valence-corrected chi connectivity index (χ0v) is 13.7. The number of aromatic nitrogens is 2. The van der Waals surface area contributed by atoms with Gasteiger partial charge < -0.3 is 4.74 Å². The van der Waals surface area contributed by atoms with Crippen molar-refractivity contribution in [3.05, 3.63) is 64.9 Å². The van der Waals surface area contributed by atoms with Crippen LogP contribution in [0.15, 0.2) is 36.7 Å². The van der Waals surface area contributed by atoms with E-state index in [0.717, 1.165) is 18.4 Å². The van der Waals surface area contributed by atoms with E-state index in [1.54, 1.807) is 6.92 Å². The molecule has 1 amide bonds. The maximum absolute atomic E-state index is 14.4. The average molecular weight is 368 g/mol. The summed E-state index contributed by atoms with van der Waals surface area (Å²) in [6.07, 6.45) is 2.48. The van der Waals surface area contributed by atoms with Crippen LogP contribution in [0.2, 0.25) is 5.28 Å². The van der Waals surface area contributed by atoms with E-state index in [2.05, 4.69) is 20.0 Å². The van der Waals surface area contributed by atoms with E-state index >= 15 is 0 Å². The number of carbonyl (C=O) groups is 2. The molecule has 2 aromatic rings. The van der Waals surface area contributed by atoms with Gasteiger partial charge in [0.15, 0.2) is 11.6 Å². The molecule has 0 aliphatic carbocycles. The van der Waals surface area contributed by atoms with E-state index in [-0.39, 0.29) is 23.1 Å². The quantitative estimate of drug-likeness (QED) is 0.492. The Bertz CT molecular complexity index is 843. The molecule has 0 atom stereocenters. The molecule has 130 valence electrons. The van der Waals surface area contributed by atoms with E-state index in [4.69, 9.17) is 11.6 Å².